The lowest BCUT2D eigenvalue weighted by molar-refractivity contribution is -0.133. The van der Waals surface area contributed by atoms with Crippen molar-refractivity contribution in [2.45, 2.75) is 32.2 Å². The van der Waals surface area contributed by atoms with Crippen molar-refractivity contribution in [3.8, 4) is 0 Å². The van der Waals surface area contributed by atoms with Crippen molar-refractivity contribution in [3.05, 3.63) is 0 Å². The molecule has 0 spiro atoms. The molecular weight excluding hydrogens is 202 g/mol. The summed E-state index contributed by atoms with van der Waals surface area (Å²) in [5.41, 5.74) is 0. The van der Waals surface area contributed by atoms with Crippen LogP contribution < -0.4 is 5.32 Å². The number of hydrogen-bond acceptors (Lipinski definition) is 3. The van der Waals surface area contributed by atoms with Gasteiger partial charge >= 0.3 is 0 Å². The third-order valence-corrected chi connectivity index (χ3v) is 3.02. The maximum atomic E-state index is 12.0. The van der Waals surface area contributed by atoms with Crippen LogP contribution in [0.4, 0.5) is 0 Å². The van der Waals surface area contributed by atoms with E-state index >= 15 is 0 Å². The van der Waals surface area contributed by atoms with E-state index < -0.39 is 0 Å². The minimum atomic E-state index is -0.0142. The first-order valence-corrected chi connectivity index (χ1v) is 6.28. The first kappa shape index (κ1) is 13.5. The van der Waals surface area contributed by atoms with Gasteiger partial charge in [-0.05, 0) is 53.4 Å². The van der Waals surface area contributed by atoms with Crippen molar-refractivity contribution < 1.29 is 4.79 Å². The Morgan fingerprint density at radius 2 is 2.19 bits per heavy atom. The number of nitrogens with one attached hydrogen (secondary N) is 1. The zero-order valence-electron chi connectivity index (χ0n) is 10.8. The van der Waals surface area contributed by atoms with Crippen LogP contribution in [0, 0.1) is 0 Å². The summed E-state index contributed by atoms with van der Waals surface area (Å²) in [5, 5.41) is 3.26. The Kier molecular flexibility index (Phi) is 5.77. The minimum Gasteiger partial charge on any atom is -0.341 e. The van der Waals surface area contributed by atoms with E-state index in [1.807, 2.05) is 11.8 Å². The van der Waals surface area contributed by atoms with Gasteiger partial charge in [0.25, 0.3) is 0 Å². The average molecular weight is 227 g/mol. The number of amides is 1. The largest absolute Gasteiger partial charge is 0.341 e. The zero-order chi connectivity index (χ0) is 12.0. The number of nitrogens with zero attached hydrogens (tertiary/aromatic N) is 2. The molecule has 1 saturated heterocycles. The second kappa shape index (κ2) is 6.86. The summed E-state index contributed by atoms with van der Waals surface area (Å²) in [6.45, 7) is 5.80. The summed E-state index contributed by atoms with van der Waals surface area (Å²) < 4.78 is 0. The van der Waals surface area contributed by atoms with E-state index in [0.29, 0.717) is 0 Å². The van der Waals surface area contributed by atoms with Crippen LogP contribution >= 0.6 is 0 Å². The Labute approximate surface area is 99.0 Å². The molecule has 0 aromatic rings. The molecule has 16 heavy (non-hydrogen) atoms. The summed E-state index contributed by atoms with van der Waals surface area (Å²) in [5.74, 6) is 0.262. The van der Waals surface area contributed by atoms with Gasteiger partial charge in [-0.3, -0.25) is 4.79 Å². The van der Waals surface area contributed by atoms with E-state index in [1.165, 1.54) is 6.42 Å². The van der Waals surface area contributed by atoms with E-state index in [1.54, 1.807) is 0 Å². The van der Waals surface area contributed by atoms with Crippen molar-refractivity contribution in [2.75, 3.05) is 40.3 Å². The SMILES string of the molecule is CC1NCCCCN(CCCN(C)C)C1=O. The van der Waals surface area contributed by atoms with Crippen LogP contribution in [-0.4, -0.2) is 62.0 Å². The smallest absolute Gasteiger partial charge is 0.239 e. The lowest BCUT2D eigenvalue weighted by atomic mass is 10.2. The van der Waals surface area contributed by atoms with Gasteiger partial charge in [0.1, 0.15) is 0 Å². The fraction of sp³-hybridized carbons (Fsp3) is 0.917. The molecule has 1 amide bonds. The summed E-state index contributed by atoms with van der Waals surface area (Å²) >= 11 is 0. The molecule has 4 heteroatoms. The average Bonchev–Trinajstić information content (AvgIpc) is 2.23. The number of carbonyl (C=O) groups is 1. The molecular formula is C12H25N3O. The number of hydrogen-bond donors (Lipinski definition) is 1. The van der Waals surface area contributed by atoms with E-state index in [9.17, 15) is 4.79 Å². The maximum Gasteiger partial charge on any atom is 0.239 e. The van der Waals surface area contributed by atoms with Crippen molar-refractivity contribution in [1.82, 2.24) is 15.1 Å². The van der Waals surface area contributed by atoms with Gasteiger partial charge < -0.3 is 15.1 Å². The molecule has 1 heterocycles. The van der Waals surface area contributed by atoms with E-state index in [2.05, 4.69) is 24.3 Å². The molecule has 1 unspecified atom stereocenters. The quantitative estimate of drug-likeness (QED) is 0.761. The van der Waals surface area contributed by atoms with Crippen LogP contribution in [0.1, 0.15) is 26.2 Å². The highest BCUT2D eigenvalue weighted by molar-refractivity contribution is 5.81. The highest BCUT2D eigenvalue weighted by Gasteiger charge is 2.21. The molecule has 94 valence electrons. The van der Waals surface area contributed by atoms with Gasteiger partial charge in [0.05, 0.1) is 6.04 Å². The Bertz CT molecular complexity index is 218. The molecule has 4 nitrogen and oxygen atoms in total. The third-order valence-electron chi connectivity index (χ3n) is 3.02. The van der Waals surface area contributed by atoms with E-state index in [0.717, 1.165) is 39.0 Å². The Morgan fingerprint density at radius 1 is 1.44 bits per heavy atom. The lowest BCUT2D eigenvalue weighted by Crippen LogP contribution is -2.48. The van der Waals surface area contributed by atoms with Crippen LogP contribution in [0.15, 0.2) is 0 Å². The van der Waals surface area contributed by atoms with Crippen LogP contribution in [0.3, 0.4) is 0 Å². The monoisotopic (exact) mass is 227 g/mol. The molecule has 1 aliphatic rings. The molecule has 0 aromatic carbocycles. The van der Waals surface area contributed by atoms with Gasteiger partial charge in [-0.2, -0.15) is 0 Å². The van der Waals surface area contributed by atoms with Gasteiger partial charge in [-0.25, -0.2) is 0 Å². The standard InChI is InChI=1S/C12H25N3O/c1-11-12(16)15(9-5-4-7-13-11)10-6-8-14(2)3/h11,13H,4-10H2,1-3H3. The highest BCUT2D eigenvalue weighted by atomic mass is 16.2. The first-order chi connectivity index (χ1) is 7.61. The fourth-order valence-corrected chi connectivity index (χ4v) is 2.02. The van der Waals surface area contributed by atoms with Gasteiger partial charge in [-0.1, -0.05) is 0 Å². The number of carbonyl (C=O) groups excluding carboxylic acids is 1. The minimum absolute atomic E-state index is 0.0142. The molecule has 0 aliphatic carbocycles. The van der Waals surface area contributed by atoms with Crippen molar-refractivity contribution >= 4 is 5.91 Å². The summed E-state index contributed by atoms with van der Waals surface area (Å²) in [4.78, 5) is 16.2. The molecule has 1 N–H and O–H groups in total. The van der Waals surface area contributed by atoms with E-state index in [4.69, 9.17) is 0 Å². The Morgan fingerprint density at radius 3 is 2.88 bits per heavy atom. The van der Waals surface area contributed by atoms with Crippen molar-refractivity contribution in [1.29, 1.82) is 0 Å². The Hall–Kier alpha value is -0.610. The second-order valence-electron chi connectivity index (χ2n) is 4.87. The summed E-state index contributed by atoms with van der Waals surface area (Å²) in [6.07, 6.45) is 3.35. The molecule has 0 radical (unpaired) electrons. The number of rotatable bonds is 4. The topological polar surface area (TPSA) is 35.6 Å². The second-order valence-corrected chi connectivity index (χ2v) is 4.87. The Balaban J connectivity index is 2.38. The maximum absolute atomic E-state index is 12.0. The van der Waals surface area contributed by atoms with Gasteiger partial charge in [0.15, 0.2) is 0 Å². The third kappa shape index (κ3) is 4.49. The zero-order valence-corrected chi connectivity index (χ0v) is 10.8. The van der Waals surface area contributed by atoms with Crippen LogP contribution in [-0.2, 0) is 4.79 Å². The predicted octanol–water partition coefficient (Wildman–Crippen LogP) is 0.539. The molecule has 1 fully saturated rings. The van der Waals surface area contributed by atoms with E-state index in [-0.39, 0.29) is 11.9 Å². The normalized spacial score (nSPS) is 23.4. The highest BCUT2D eigenvalue weighted by Crippen LogP contribution is 2.04. The first-order valence-electron chi connectivity index (χ1n) is 6.28. The van der Waals surface area contributed by atoms with Gasteiger partial charge in [0, 0.05) is 13.1 Å². The molecule has 0 saturated carbocycles. The molecule has 1 rings (SSSR count). The van der Waals surface area contributed by atoms with Crippen LogP contribution in [0.2, 0.25) is 0 Å². The molecule has 0 aromatic heterocycles. The van der Waals surface area contributed by atoms with Gasteiger partial charge in [-0.15, -0.1) is 0 Å². The lowest BCUT2D eigenvalue weighted by Gasteiger charge is -2.29. The predicted molar refractivity (Wildman–Crippen MR) is 66.4 cm³/mol. The van der Waals surface area contributed by atoms with Crippen molar-refractivity contribution in [2.24, 2.45) is 0 Å². The van der Waals surface area contributed by atoms with Gasteiger partial charge in [0.2, 0.25) is 5.91 Å². The summed E-state index contributed by atoms with van der Waals surface area (Å²) in [6, 6.07) is -0.0142. The molecule has 0 bridgehead atoms. The van der Waals surface area contributed by atoms with Crippen LogP contribution in [0.5, 0.6) is 0 Å². The summed E-state index contributed by atoms with van der Waals surface area (Å²) in [7, 11) is 4.14. The fourth-order valence-electron chi connectivity index (χ4n) is 2.02. The van der Waals surface area contributed by atoms with Crippen molar-refractivity contribution in [3.63, 3.8) is 0 Å². The molecule has 1 aliphatic heterocycles. The van der Waals surface area contributed by atoms with Crippen LogP contribution in [0.25, 0.3) is 0 Å². The molecule has 1 atom stereocenters.